The summed E-state index contributed by atoms with van der Waals surface area (Å²) in [7, 11) is 1.61. The quantitative estimate of drug-likeness (QED) is 0.632. The number of amides is 2. The SMILES string of the molecule is COc1cc(CNC(=O)NC(CCC(=O)O)Cc2ccccc2)ccc1C. The van der Waals surface area contributed by atoms with Crippen LogP contribution in [-0.4, -0.2) is 30.3 Å². The third kappa shape index (κ3) is 7.01. The molecule has 2 aromatic carbocycles. The molecule has 0 spiro atoms. The molecule has 1 atom stereocenters. The summed E-state index contributed by atoms with van der Waals surface area (Å²) >= 11 is 0. The van der Waals surface area contributed by atoms with Gasteiger partial charge in [0, 0.05) is 19.0 Å². The minimum atomic E-state index is -0.873. The number of benzene rings is 2. The smallest absolute Gasteiger partial charge is 0.315 e. The van der Waals surface area contributed by atoms with Crippen molar-refractivity contribution >= 4 is 12.0 Å². The van der Waals surface area contributed by atoms with Crippen LogP contribution in [0.15, 0.2) is 48.5 Å². The van der Waals surface area contributed by atoms with Crippen LogP contribution < -0.4 is 15.4 Å². The van der Waals surface area contributed by atoms with E-state index in [0.29, 0.717) is 19.4 Å². The van der Waals surface area contributed by atoms with E-state index >= 15 is 0 Å². The molecule has 0 aromatic heterocycles. The van der Waals surface area contributed by atoms with E-state index in [2.05, 4.69) is 10.6 Å². The standard InChI is InChI=1S/C21H26N2O4/c1-15-8-9-17(13-19(15)27-2)14-22-21(26)23-18(10-11-20(24)25)12-16-6-4-3-5-7-16/h3-9,13,18H,10-12,14H2,1-2H3,(H,24,25)(H2,22,23,26). The van der Waals surface area contributed by atoms with Gasteiger partial charge in [-0.3, -0.25) is 4.79 Å². The van der Waals surface area contributed by atoms with Gasteiger partial charge in [0.15, 0.2) is 0 Å². The highest BCUT2D eigenvalue weighted by atomic mass is 16.5. The lowest BCUT2D eigenvalue weighted by molar-refractivity contribution is -0.137. The predicted molar refractivity (Wildman–Crippen MR) is 104 cm³/mol. The summed E-state index contributed by atoms with van der Waals surface area (Å²) < 4.78 is 5.29. The van der Waals surface area contributed by atoms with Gasteiger partial charge in [-0.1, -0.05) is 42.5 Å². The molecule has 1 unspecified atom stereocenters. The van der Waals surface area contributed by atoms with Crippen LogP contribution in [0.1, 0.15) is 29.5 Å². The van der Waals surface area contributed by atoms with Crippen molar-refractivity contribution in [1.82, 2.24) is 10.6 Å². The Morgan fingerprint density at radius 3 is 2.52 bits per heavy atom. The van der Waals surface area contributed by atoms with Crippen LogP contribution in [0.5, 0.6) is 5.75 Å². The number of hydrogen-bond donors (Lipinski definition) is 3. The molecule has 0 fully saturated rings. The molecule has 0 aliphatic rings. The number of methoxy groups -OCH3 is 1. The topological polar surface area (TPSA) is 87.7 Å². The van der Waals surface area contributed by atoms with Gasteiger partial charge in [-0.2, -0.15) is 0 Å². The van der Waals surface area contributed by atoms with Crippen molar-refractivity contribution in [2.75, 3.05) is 7.11 Å². The molecule has 0 radical (unpaired) electrons. The Hall–Kier alpha value is -3.02. The molecule has 0 saturated heterocycles. The van der Waals surface area contributed by atoms with Crippen LogP contribution >= 0.6 is 0 Å². The van der Waals surface area contributed by atoms with E-state index in [0.717, 1.165) is 22.4 Å². The molecular weight excluding hydrogens is 344 g/mol. The first-order valence-electron chi connectivity index (χ1n) is 8.91. The number of urea groups is 1. The average molecular weight is 370 g/mol. The first-order chi connectivity index (χ1) is 13.0. The van der Waals surface area contributed by atoms with Crippen LogP contribution in [0, 0.1) is 6.92 Å². The van der Waals surface area contributed by atoms with Crippen molar-refractivity contribution in [1.29, 1.82) is 0 Å². The number of hydrogen-bond acceptors (Lipinski definition) is 3. The number of carboxylic acids is 1. The van der Waals surface area contributed by atoms with E-state index in [1.165, 1.54) is 0 Å². The molecule has 0 saturated carbocycles. The van der Waals surface area contributed by atoms with Crippen molar-refractivity contribution in [3.63, 3.8) is 0 Å². The van der Waals surface area contributed by atoms with E-state index in [1.54, 1.807) is 7.11 Å². The highest BCUT2D eigenvalue weighted by molar-refractivity contribution is 5.74. The van der Waals surface area contributed by atoms with Gasteiger partial charge < -0.3 is 20.5 Å². The fourth-order valence-corrected chi connectivity index (χ4v) is 2.81. The predicted octanol–water partition coefficient (Wildman–Crippen LogP) is 3.28. The fraction of sp³-hybridized carbons (Fsp3) is 0.333. The van der Waals surface area contributed by atoms with Crippen molar-refractivity contribution < 1.29 is 19.4 Å². The summed E-state index contributed by atoms with van der Waals surface area (Å²) in [6.45, 7) is 2.32. The molecule has 144 valence electrons. The maximum atomic E-state index is 12.3. The van der Waals surface area contributed by atoms with Crippen molar-refractivity contribution in [2.45, 2.75) is 38.8 Å². The van der Waals surface area contributed by atoms with Crippen LogP contribution in [0.4, 0.5) is 4.79 Å². The molecule has 2 aromatic rings. The third-order valence-electron chi connectivity index (χ3n) is 4.29. The lowest BCUT2D eigenvalue weighted by Gasteiger charge is -2.19. The first kappa shape index (κ1) is 20.3. The molecular formula is C21H26N2O4. The molecule has 0 aliphatic carbocycles. The normalized spacial score (nSPS) is 11.5. The van der Waals surface area contributed by atoms with Gasteiger partial charge in [0.25, 0.3) is 0 Å². The third-order valence-corrected chi connectivity index (χ3v) is 4.29. The highest BCUT2D eigenvalue weighted by Crippen LogP contribution is 2.18. The first-order valence-corrected chi connectivity index (χ1v) is 8.91. The molecule has 6 nitrogen and oxygen atoms in total. The Balaban J connectivity index is 1.92. The lowest BCUT2D eigenvalue weighted by atomic mass is 10.0. The van der Waals surface area contributed by atoms with E-state index in [1.807, 2.05) is 55.5 Å². The Morgan fingerprint density at radius 1 is 1.11 bits per heavy atom. The van der Waals surface area contributed by atoms with Gasteiger partial charge in [-0.05, 0) is 42.5 Å². The Morgan fingerprint density at radius 2 is 1.85 bits per heavy atom. The largest absolute Gasteiger partial charge is 0.496 e. The molecule has 2 amide bonds. The molecule has 0 heterocycles. The van der Waals surface area contributed by atoms with Gasteiger partial charge in [0.1, 0.15) is 5.75 Å². The van der Waals surface area contributed by atoms with Crippen LogP contribution in [0.2, 0.25) is 0 Å². The maximum Gasteiger partial charge on any atom is 0.315 e. The Labute approximate surface area is 159 Å². The molecule has 2 rings (SSSR count). The zero-order valence-electron chi connectivity index (χ0n) is 15.7. The van der Waals surface area contributed by atoms with Crippen LogP contribution in [0.3, 0.4) is 0 Å². The van der Waals surface area contributed by atoms with Crippen molar-refractivity contribution in [3.8, 4) is 5.75 Å². The maximum absolute atomic E-state index is 12.3. The van der Waals surface area contributed by atoms with Crippen molar-refractivity contribution in [3.05, 3.63) is 65.2 Å². The number of aliphatic carboxylic acids is 1. The van der Waals surface area contributed by atoms with Gasteiger partial charge >= 0.3 is 12.0 Å². The van der Waals surface area contributed by atoms with Gasteiger partial charge in [0.05, 0.1) is 7.11 Å². The highest BCUT2D eigenvalue weighted by Gasteiger charge is 2.15. The second-order valence-corrected chi connectivity index (χ2v) is 6.45. The zero-order chi connectivity index (χ0) is 19.6. The second-order valence-electron chi connectivity index (χ2n) is 6.45. The number of rotatable bonds is 9. The number of carbonyl (C=O) groups is 2. The van der Waals surface area contributed by atoms with Crippen molar-refractivity contribution in [2.24, 2.45) is 0 Å². The monoisotopic (exact) mass is 370 g/mol. The summed E-state index contributed by atoms with van der Waals surface area (Å²) in [5, 5.41) is 14.7. The number of aryl methyl sites for hydroxylation is 1. The molecule has 0 aliphatic heterocycles. The van der Waals surface area contributed by atoms with Gasteiger partial charge in [0.2, 0.25) is 0 Å². The van der Waals surface area contributed by atoms with E-state index < -0.39 is 5.97 Å². The second kappa shape index (κ2) is 10.2. The molecule has 0 bridgehead atoms. The van der Waals surface area contributed by atoms with Crippen LogP contribution in [0.25, 0.3) is 0 Å². The Bertz CT molecular complexity index is 762. The van der Waals surface area contributed by atoms with E-state index in [9.17, 15) is 9.59 Å². The lowest BCUT2D eigenvalue weighted by Crippen LogP contribution is -2.43. The summed E-state index contributed by atoms with van der Waals surface area (Å²) in [5.41, 5.74) is 3.01. The van der Waals surface area contributed by atoms with E-state index in [-0.39, 0.29) is 18.5 Å². The summed E-state index contributed by atoms with van der Waals surface area (Å²) in [4.78, 5) is 23.2. The molecule has 3 N–H and O–H groups in total. The minimum Gasteiger partial charge on any atom is -0.496 e. The number of carboxylic acid groups (broad SMARTS) is 1. The van der Waals surface area contributed by atoms with Gasteiger partial charge in [-0.25, -0.2) is 4.79 Å². The summed E-state index contributed by atoms with van der Waals surface area (Å²) in [5.74, 6) is -0.0971. The van der Waals surface area contributed by atoms with Crippen LogP contribution in [-0.2, 0) is 17.8 Å². The van der Waals surface area contributed by atoms with Gasteiger partial charge in [-0.15, -0.1) is 0 Å². The molecule has 27 heavy (non-hydrogen) atoms. The minimum absolute atomic E-state index is 0.00689. The number of nitrogens with one attached hydrogen (secondary N) is 2. The van der Waals surface area contributed by atoms with E-state index in [4.69, 9.17) is 9.84 Å². The summed E-state index contributed by atoms with van der Waals surface area (Å²) in [6, 6.07) is 14.9. The summed E-state index contributed by atoms with van der Waals surface area (Å²) in [6.07, 6.45) is 0.961. The number of carbonyl (C=O) groups excluding carboxylic acids is 1. The zero-order valence-corrected chi connectivity index (χ0v) is 15.7. The number of ether oxygens (including phenoxy) is 1. The average Bonchev–Trinajstić information content (AvgIpc) is 2.66. The molecule has 6 heteroatoms. The fourth-order valence-electron chi connectivity index (χ4n) is 2.81. The Kier molecular flexibility index (Phi) is 7.67.